The van der Waals surface area contributed by atoms with Crippen LogP contribution in [0.15, 0.2) is 54.6 Å². The van der Waals surface area contributed by atoms with E-state index >= 15 is 0 Å². The molecule has 2 aromatic carbocycles. The van der Waals surface area contributed by atoms with E-state index in [2.05, 4.69) is 48.5 Å². The molecular formula is C24H35NO. The summed E-state index contributed by atoms with van der Waals surface area (Å²) in [5, 5.41) is 0. The average Bonchev–Trinajstić information content (AvgIpc) is 2.70. The van der Waals surface area contributed by atoms with Crippen LogP contribution in [0.4, 0.5) is 0 Å². The molecule has 0 bridgehead atoms. The summed E-state index contributed by atoms with van der Waals surface area (Å²) in [6.45, 7) is 1.67. The van der Waals surface area contributed by atoms with Crippen LogP contribution in [0.25, 0.3) is 11.1 Å². The zero-order valence-corrected chi connectivity index (χ0v) is 16.2. The Hall–Kier alpha value is -1.80. The third-order valence-electron chi connectivity index (χ3n) is 4.83. The van der Waals surface area contributed by atoms with Crippen LogP contribution in [-0.4, -0.2) is 13.2 Å². The Kier molecular flexibility index (Phi) is 10.6. The zero-order chi connectivity index (χ0) is 18.3. The molecule has 142 valence electrons. The van der Waals surface area contributed by atoms with Crippen molar-refractivity contribution >= 4 is 0 Å². The van der Waals surface area contributed by atoms with Crippen molar-refractivity contribution in [3.8, 4) is 16.9 Å². The molecular weight excluding hydrogens is 318 g/mol. The highest BCUT2D eigenvalue weighted by atomic mass is 16.5. The highest BCUT2D eigenvalue weighted by Gasteiger charge is 1.98. The number of nitrogens with two attached hydrogens (primary N) is 1. The lowest BCUT2D eigenvalue weighted by Gasteiger charge is -2.07. The van der Waals surface area contributed by atoms with Crippen LogP contribution < -0.4 is 10.5 Å². The lowest BCUT2D eigenvalue weighted by Crippen LogP contribution is -1.97. The molecule has 26 heavy (non-hydrogen) atoms. The van der Waals surface area contributed by atoms with Crippen molar-refractivity contribution < 1.29 is 4.74 Å². The lowest BCUT2D eigenvalue weighted by molar-refractivity contribution is 0.304. The Morgan fingerprint density at radius 1 is 0.538 bits per heavy atom. The van der Waals surface area contributed by atoms with E-state index in [0.717, 1.165) is 25.3 Å². The van der Waals surface area contributed by atoms with E-state index in [1.807, 2.05) is 6.07 Å². The van der Waals surface area contributed by atoms with Gasteiger partial charge in [-0.25, -0.2) is 0 Å². The van der Waals surface area contributed by atoms with Crippen molar-refractivity contribution in [3.63, 3.8) is 0 Å². The van der Waals surface area contributed by atoms with Crippen molar-refractivity contribution in [2.24, 2.45) is 5.73 Å². The third-order valence-corrected chi connectivity index (χ3v) is 4.83. The molecule has 2 N–H and O–H groups in total. The number of unbranched alkanes of at least 4 members (excludes halogenated alkanes) is 9. The highest BCUT2D eigenvalue weighted by Crippen LogP contribution is 2.22. The maximum absolute atomic E-state index is 5.87. The molecule has 0 aliphatic heterocycles. The molecule has 0 aromatic heterocycles. The van der Waals surface area contributed by atoms with Gasteiger partial charge >= 0.3 is 0 Å². The number of benzene rings is 2. The summed E-state index contributed by atoms with van der Waals surface area (Å²) in [5.41, 5.74) is 7.99. The standard InChI is InChI=1S/C24H35NO/c25-20-12-7-5-3-1-2-4-6-8-13-21-26-24-18-16-23(17-19-24)22-14-10-9-11-15-22/h9-11,14-19H,1-8,12-13,20-21,25H2. The molecule has 2 heteroatoms. The average molecular weight is 354 g/mol. The maximum Gasteiger partial charge on any atom is 0.119 e. The SMILES string of the molecule is NCCCCCCCCCCCCOc1ccc(-c2ccccc2)cc1. The van der Waals surface area contributed by atoms with Crippen molar-refractivity contribution in [2.75, 3.05) is 13.2 Å². The molecule has 0 aliphatic rings. The summed E-state index contributed by atoms with van der Waals surface area (Å²) in [6.07, 6.45) is 13.1. The second kappa shape index (κ2) is 13.4. The Balaban J connectivity index is 1.47. The first-order valence-electron chi connectivity index (χ1n) is 10.4. The van der Waals surface area contributed by atoms with Gasteiger partial charge in [0.2, 0.25) is 0 Å². The molecule has 0 atom stereocenters. The van der Waals surface area contributed by atoms with E-state index < -0.39 is 0 Å². The molecule has 2 nitrogen and oxygen atoms in total. The van der Waals surface area contributed by atoms with Gasteiger partial charge in [0.15, 0.2) is 0 Å². The number of hydrogen-bond donors (Lipinski definition) is 1. The molecule has 0 amide bonds. The lowest BCUT2D eigenvalue weighted by atomic mass is 10.1. The Bertz CT molecular complexity index is 565. The van der Waals surface area contributed by atoms with E-state index in [4.69, 9.17) is 10.5 Å². The smallest absolute Gasteiger partial charge is 0.119 e. The minimum Gasteiger partial charge on any atom is -0.494 e. The van der Waals surface area contributed by atoms with Gasteiger partial charge in [0.25, 0.3) is 0 Å². The number of ether oxygens (including phenoxy) is 1. The first-order valence-corrected chi connectivity index (χ1v) is 10.4. The topological polar surface area (TPSA) is 35.2 Å². The molecule has 0 fully saturated rings. The fourth-order valence-corrected chi connectivity index (χ4v) is 3.22. The molecule has 0 unspecified atom stereocenters. The summed E-state index contributed by atoms with van der Waals surface area (Å²) in [6, 6.07) is 18.9. The van der Waals surface area contributed by atoms with E-state index in [-0.39, 0.29) is 0 Å². The summed E-state index contributed by atoms with van der Waals surface area (Å²) >= 11 is 0. The fourth-order valence-electron chi connectivity index (χ4n) is 3.22. The van der Waals surface area contributed by atoms with Crippen molar-refractivity contribution in [1.29, 1.82) is 0 Å². The van der Waals surface area contributed by atoms with Crippen LogP contribution in [0, 0.1) is 0 Å². The summed E-state index contributed by atoms with van der Waals surface area (Å²) in [7, 11) is 0. The minimum atomic E-state index is 0.823. The molecule has 0 heterocycles. The zero-order valence-electron chi connectivity index (χ0n) is 16.2. The van der Waals surface area contributed by atoms with Crippen LogP contribution >= 0.6 is 0 Å². The minimum absolute atomic E-state index is 0.823. The van der Waals surface area contributed by atoms with E-state index in [9.17, 15) is 0 Å². The summed E-state index contributed by atoms with van der Waals surface area (Å²) < 4.78 is 5.87. The Labute approximate surface area is 159 Å². The van der Waals surface area contributed by atoms with Gasteiger partial charge in [-0.1, -0.05) is 93.8 Å². The maximum atomic E-state index is 5.87. The van der Waals surface area contributed by atoms with Crippen LogP contribution in [-0.2, 0) is 0 Å². The fraction of sp³-hybridized carbons (Fsp3) is 0.500. The van der Waals surface area contributed by atoms with Gasteiger partial charge in [-0.15, -0.1) is 0 Å². The van der Waals surface area contributed by atoms with Gasteiger partial charge < -0.3 is 10.5 Å². The van der Waals surface area contributed by atoms with E-state index in [1.165, 1.54) is 68.9 Å². The van der Waals surface area contributed by atoms with Gasteiger partial charge in [-0.2, -0.15) is 0 Å². The van der Waals surface area contributed by atoms with Crippen molar-refractivity contribution in [3.05, 3.63) is 54.6 Å². The highest BCUT2D eigenvalue weighted by molar-refractivity contribution is 5.63. The van der Waals surface area contributed by atoms with Crippen molar-refractivity contribution in [1.82, 2.24) is 0 Å². The summed E-state index contributed by atoms with van der Waals surface area (Å²) in [5.74, 6) is 0.974. The quantitative estimate of drug-likeness (QED) is 0.389. The van der Waals surface area contributed by atoms with Crippen molar-refractivity contribution in [2.45, 2.75) is 64.2 Å². The van der Waals surface area contributed by atoms with Gasteiger partial charge in [0.05, 0.1) is 6.61 Å². The number of rotatable bonds is 14. The van der Waals surface area contributed by atoms with E-state index in [1.54, 1.807) is 0 Å². The van der Waals surface area contributed by atoms with Gasteiger partial charge in [0.1, 0.15) is 5.75 Å². The Morgan fingerprint density at radius 2 is 1.04 bits per heavy atom. The number of hydrogen-bond acceptors (Lipinski definition) is 2. The first-order chi connectivity index (χ1) is 12.9. The Morgan fingerprint density at radius 3 is 1.62 bits per heavy atom. The van der Waals surface area contributed by atoms with Crippen LogP contribution in [0.3, 0.4) is 0 Å². The molecule has 0 radical (unpaired) electrons. The largest absolute Gasteiger partial charge is 0.494 e. The van der Waals surface area contributed by atoms with Crippen LogP contribution in [0.5, 0.6) is 5.75 Å². The molecule has 0 saturated carbocycles. The monoisotopic (exact) mass is 353 g/mol. The second-order valence-electron chi connectivity index (χ2n) is 7.06. The van der Waals surface area contributed by atoms with Crippen LogP contribution in [0.1, 0.15) is 64.2 Å². The molecule has 2 rings (SSSR count). The van der Waals surface area contributed by atoms with Crippen LogP contribution in [0.2, 0.25) is 0 Å². The van der Waals surface area contributed by atoms with Gasteiger partial charge in [0, 0.05) is 0 Å². The molecule has 0 spiro atoms. The predicted octanol–water partition coefficient (Wildman–Crippen LogP) is 6.59. The molecule has 2 aromatic rings. The van der Waals surface area contributed by atoms with Gasteiger partial charge in [-0.05, 0) is 42.6 Å². The van der Waals surface area contributed by atoms with Gasteiger partial charge in [-0.3, -0.25) is 0 Å². The second-order valence-corrected chi connectivity index (χ2v) is 7.06. The third kappa shape index (κ3) is 8.53. The first kappa shape index (κ1) is 20.5. The summed E-state index contributed by atoms with van der Waals surface area (Å²) in [4.78, 5) is 0. The predicted molar refractivity (Wildman–Crippen MR) is 113 cm³/mol. The normalized spacial score (nSPS) is 10.8. The van der Waals surface area contributed by atoms with E-state index in [0.29, 0.717) is 0 Å². The molecule has 0 aliphatic carbocycles. The molecule has 0 saturated heterocycles.